The van der Waals surface area contributed by atoms with Gasteiger partial charge in [-0.2, -0.15) is 8.42 Å². The van der Waals surface area contributed by atoms with E-state index < -0.39 is 10.1 Å². The normalized spacial score (nSPS) is 11.4. The third-order valence-electron chi connectivity index (χ3n) is 2.93. The molecule has 0 bridgehead atoms. The molecule has 0 heterocycles. The first-order valence-electron chi connectivity index (χ1n) is 6.05. The van der Waals surface area contributed by atoms with Gasteiger partial charge in [-0.05, 0) is 29.7 Å². The molecule has 0 saturated heterocycles. The Morgan fingerprint density at radius 3 is 2.35 bits per heavy atom. The van der Waals surface area contributed by atoms with Crippen molar-refractivity contribution in [1.29, 1.82) is 0 Å². The molecule has 0 aromatic heterocycles. The highest BCUT2D eigenvalue weighted by atomic mass is 32.2. The van der Waals surface area contributed by atoms with E-state index in [1.807, 2.05) is 30.3 Å². The van der Waals surface area contributed by atoms with E-state index in [-0.39, 0.29) is 4.90 Å². The van der Waals surface area contributed by atoms with Gasteiger partial charge in [0.2, 0.25) is 0 Å². The zero-order valence-electron chi connectivity index (χ0n) is 10.5. The lowest BCUT2D eigenvalue weighted by molar-refractivity contribution is 0.488. The molecule has 0 fully saturated rings. The van der Waals surface area contributed by atoms with Crippen molar-refractivity contribution in [1.82, 2.24) is 0 Å². The molecule has 0 amide bonds. The summed E-state index contributed by atoms with van der Waals surface area (Å²) in [6.45, 7) is 0. The Bertz CT molecular complexity index is 834. The lowest BCUT2D eigenvalue weighted by atomic mass is 10.1. The molecule has 0 N–H and O–H groups in total. The second-order valence-corrected chi connectivity index (χ2v) is 5.80. The molecule has 3 aromatic rings. The Labute approximate surface area is 117 Å². The molecule has 0 aliphatic carbocycles. The number of fused-ring (bicyclic) bond motifs is 1. The summed E-state index contributed by atoms with van der Waals surface area (Å²) in [6.07, 6.45) is 0. The van der Waals surface area contributed by atoms with Crippen LogP contribution in [0.5, 0.6) is 5.75 Å². The van der Waals surface area contributed by atoms with Crippen molar-refractivity contribution < 1.29 is 12.6 Å². The van der Waals surface area contributed by atoms with Crippen LogP contribution < -0.4 is 4.18 Å². The van der Waals surface area contributed by atoms with E-state index in [1.54, 1.807) is 24.3 Å². The highest BCUT2D eigenvalue weighted by Gasteiger charge is 2.17. The summed E-state index contributed by atoms with van der Waals surface area (Å²) in [5, 5.41) is 1.70. The van der Waals surface area contributed by atoms with Crippen molar-refractivity contribution >= 4 is 20.9 Å². The molecule has 3 nitrogen and oxygen atoms in total. The van der Waals surface area contributed by atoms with E-state index in [4.69, 9.17) is 4.18 Å². The molecule has 0 unspecified atom stereocenters. The van der Waals surface area contributed by atoms with Gasteiger partial charge in [0.15, 0.2) is 5.75 Å². The van der Waals surface area contributed by atoms with Crippen LogP contribution in [0.15, 0.2) is 71.6 Å². The van der Waals surface area contributed by atoms with Gasteiger partial charge in [0.25, 0.3) is 0 Å². The molecule has 0 saturated carbocycles. The number of hydrogen-bond acceptors (Lipinski definition) is 3. The van der Waals surface area contributed by atoms with Crippen LogP contribution in [0.3, 0.4) is 0 Å². The minimum absolute atomic E-state index is 0.115. The smallest absolute Gasteiger partial charge is 0.339 e. The highest BCUT2D eigenvalue weighted by Crippen LogP contribution is 2.27. The van der Waals surface area contributed by atoms with E-state index in [9.17, 15) is 8.42 Å². The van der Waals surface area contributed by atoms with Crippen LogP contribution >= 0.6 is 0 Å². The molecule has 99 valence electrons. The summed E-state index contributed by atoms with van der Waals surface area (Å²) in [7, 11) is -3.82. The van der Waals surface area contributed by atoms with E-state index in [0.29, 0.717) is 5.75 Å². The summed E-state index contributed by atoms with van der Waals surface area (Å²) in [4.78, 5) is 0.115. The van der Waals surface area contributed by atoms with Crippen LogP contribution in [-0.2, 0) is 10.1 Å². The minimum Gasteiger partial charge on any atom is -0.378 e. The second-order valence-electron chi connectivity index (χ2n) is 4.25. The standard InChI is InChI=1S/C16H11O3S/c17-20(18,14-9-2-1-3-10-14)19-16-12-6-8-13-7-4-5-11-15(13)16/h2-12H. The lowest BCUT2D eigenvalue weighted by Gasteiger charge is -2.09. The lowest BCUT2D eigenvalue weighted by Crippen LogP contribution is -2.09. The van der Waals surface area contributed by atoms with Crippen molar-refractivity contribution in [2.75, 3.05) is 0 Å². The molecule has 0 spiro atoms. The van der Waals surface area contributed by atoms with Gasteiger partial charge >= 0.3 is 10.1 Å². The van der Waals surface area contributed by atoms with Crippen molar-refractivity contribution in [3.63, 3.8) is 0 Å². The first-order chi connectivity index (χ1) is 9.67. The number of benzene rings is 3. The maximum atomic E-state index is 12.2. The predicted octanol–water partition coefficient (Wildman–Crippen LogP) is 3.41. The van der Waals surface area contributed by atoms with Crippen molar-refractivity contribution in [3.05, 3.63) is 72.8 Å². The van der Waals surface area contributed by atoms with Crippen LogP contribution in [0.1, 0.15) is 0 Å². The first-order valence-corrected chi connectivity index (χ1v) is 7.46. The van der Waals surface area contributed by atoms with Gasteiger partial charge in [0, 0.05) is 5.39 Å². The molecule has 0 aliphatic heterocycles. The fraction of sp³-hybridized carbons (Fsp3) is 0. The van der Waals surface area contributed by atoms with E-state index in [2.05, 4.69) is 6.07 Å². The Morgan fingerprint density at radius 1 is 0.850 bits per heavy atom. The van der Waals surface area contributed by atoms with E-state index >= 15 is 0 Å². The largest absolute Gasteiger partial charge is 0.378 e. The quantitative estimate of drug-likeness (QED) is 0.692. The SMILES string of the molecule is O=S(=O)(Oc1cccc2ccccc12)c1cc[c]cc1. The van der Waals surface area contributed by atoms with E-state index in [1.165, 1.54) is 12.1 Å². The number of rotatable bonds is 3. The van der Waals surface area contributed by atoms with Crippen LogP contribution in [-0.4, -0.2) is 8.42 Å². The second kappa shape index (κ2) is 4.98. The molecule has 0 aliphatic rings. The van der Waals surface area contributed by atoms with Gasteiger partial charge < -0.3 is 4.18 Å². The third kappa shape index (κ3) is 2.38. The van der Waals surface area contributed by atoms with Gasteiger partial charge in [0.05, 0.1) is 0 Å². The van der Waals surface area contributed by atoms with E-state index in [0.717, 1.165) is 10.8 Å². The summed E-state index contributed by atoms with van der Waals surface area (Å²) in [5.74, 6) is 0.330. The molecule has 3 rings (SSSR count). The summed E-state index contributed by atoms with van der Waals surface area (Å²) in [6, 6.07) is 21.6. The summed E-state index contributed by atoms with van der Waals surface area (Å²) >= 11 is 0. The van der Waals surface area contributed by atoms with Gasteiger partial charge in [0.1, 0.15) is 4.90 Å². The average molecular weight is 283 g/mol. The number of hydrogen-bond donors (Lipinski definition) is 0. The third-order valence-corrected chi connectivity index (χ3v) is 4.17. The van der Waals surface area contributed by atoms with Gasteiger partial charge in [-0.25, -0.2) is 0 Å². The van der Waals surface area contributed by atoms with Crippen LogP contribution in [0, 0.1) is 6.07 Å². The topological polar surface area (TPSA) is 43.4 Å². The molecule has 3 aromatic carbocycles. The van der Waals surface area contributed by atoms with Crippen LogP contribution in [0.2, 0.25) is 0 Å². The average Bonchev–Trinajstić information content (AvgIpc) is 2.48. The Kier molecular flexibility index (Phi) is 3.16. The van der Waals surface area contributed by atoms with Crippen LogP contribution in [0.25, 0.3) is 10.8 Å². The maximum Gasteiger partial charge on any atom is 0.339 e. The van der Waals surface area contributed by atoms with Crippen molar-refractivity contribution in [2.45, 2.75) is 4.90 Å². The molecule has 4 heteroatoms. The monoisotopic (exact) mass is 283 g/mol. The van der Waals surface area contributed by atoms with Gasteiger partial charge in [-0.3, -0.25) is 0 Å². The summed E-state index contributed by atoms with van der Waals surface area (Å²) < 4.78 is 29.7. The van der Waals surface area contributed by atoms with Crippen LogP contribution in [0.4, 0.5) is 0 Å². The zero-order chi connectivity index (χ0) is 14.0. The Balaban J connectivity index is 2.06. The van der Waals surface area contributed by atoms with Crippen molar-refractivity contribution in [2.24, 2.45) is 0 Å². The molecular formula is C16H11O3S. The summed E-state index contributed by atoms with van der Waals surface area (Å²) in [5.41, 5.74) is 0. The predicted molar refractivity (Wildman–Crippen MR) is 77.0 cm³/mol. The molecular weight excluding hydrogens is 272 g/mol. The maximum absolute atomic E-state index is 12.2. The molecule has 20 heavy (non-hydrogen) atoms. The molecule has 0 atom stereocenters. The highest BCUT2D eigenvalue weighted by molar-refractivity contribution is 7.87. The van der Waals surface area contributed by atoms with Gasteiger partial charge in [-0.15, -0.1) is 0 Å². The Hall–Kier alpha value is -2.33. The minimum atomic E-state index is -3.82. The fourth-order valence-corrected chi connectivity index (χ4v) is 2.92. The fourth-order valence-electron chi connectivity index (χ4n) is 1.97. The van der Waals surface area contributed by atoms with Gasteiger partial charge in [-0.1, -0.05) is 48.5 Å². The Morgan fingerprint density at radius 2 is 1.55 bits per heavy atom. The first kappa shape index (κ1) is 12.7. The van der Waals surface area contributed by atoms with Crippen molar-refractivity contribution in [3.8, 4) is 5.75 Å². The zero-order valence-corrected chi connectivity index (χ0v) is 11.3. The molecule has 1 radical (unpaired) electrons.